The zero-order chi connectivity index (χ0) is 22.4. The molecule has 8 atom stereocenters. The van der Waals surface area contributed by atoms with Crippen molar-refractivity contribution in [2.24, 2.45) is 34.5 Å². The molecule has 1 N–H and O–H groups in total. The van der Waals surface area contributed by atoms with Crippen LogP contribution in [0.3, 0.4) is 0 Å². The van der Waals surface area contributed by atoms with E-state index in [0.29, 0.717) is 17.3 Å². The predicted octanol–water partition coefficient (Wildman–Crippen LogP) is 5.03. The van der Waals surface area contributed by atoms with E-state index in [2.05, 4.69) is 13.8 Å². The summed E-state index contributed by atoms with van der Waals surface area (Å²) < 4.78 is 11.1. The van der Waals surface area contributed by atoms with E-state index in [4.69, 9.17) is 9.47 Å². The van der Waals surface area contributed by atoms with Gasteiger partial charge in [0.25, 0.3) is 0 Å². The molecule has 0 unspecified atom stereocenters. The number of hydrogen-bond acceptors (Lipinski definition) is 5. The first kappa shape index (κ1) is 23.1. The first-order valence-corrected chi connectivity index (χ1v) is 12.7. The Morgan fingerprint density at radius 2 is 1.58 bits per heavy atom. The van der Waals surface area contributed by atoms with Crippen LogP contribution < -0.4 is 0 Å². The van der Waals surface area contributed by atoms with Crippen LogP contribution >= 0.6 is 0 Å². The van der Waals surface area contributed by atoms with Crippen LogP contribution in [0.15, 0.2) is 0 Å². The van der Waals surface area contributed by atoms with Gasteiger partial charge in [-0.05, 0) is 101 Å². The number of carbonyl (C=O) groups is 2. The van der Waals surface area contributed by atoms with Gasteiger partial charge in [0.2, 0.25) is 0 Å². The highest BCUT2D eigenvalue weighted by Crippen LogP contribution is 2.66. The van der Waals surface area contributed by atoms with Crippen molar-refractivity contribution in [3.05, 3.63) is 0 Å². The summed E-state index contributed by atoms with van der Waals surface area (Å²) in [7, 11) is 0. The lowest BCUT2D eigenvalue weighted by molar-refractivity contribution is -0.167. The van der Waals surface area contributed by atoms with E-state index in [1.54, 1.807) is 0 Å². The van der Waals surface area contributed by atoms with Gasteiger partial charge in [-0.2, -0.15) is 0 Å². The molecule has 0 radical (unpaired) electrons. The lowest BCUT2D eigenvalue weighted by atomic mass is 9.45. The zero-order valence-corrected chi connectivity index (χ0v) is 19.9. The summed E-state index contributed by atoms with van der Waals surface area (Å²) >= 11 is 0. The van der Waals surface area contributed by atoms with E-state index in [9.17, 15) is 14.7 Å². The Balaban J connectivity index is 1.38. The van der Waals surface area contributed by atoms with Crippen molar-refractivity contribution in [2.75, 3.05) is 0 Å². The predicted molar refractivity (Wildman–Crippen MR) is 118 cm³/mol. The van der Waals surface area contributed by atoms with Crippen molar-refractivity contribution >= 4 is 11.9 Å². The highest BCUT2D eigenvalue weighted by atomic mass is 16.6. The van der Waals surface area contributed by atoms with Crippen molar-refractivity contribution in [2.45, 2.75) is 117 Å². The van der Waals surface area contributed by atoms with E-state index in [1.165, 1.54) is 19.3 Å². The van der Waals surface area contributed by atoms with E-state index < -0.39 is 0 Å². The number of hydrogen-bond donors (Lipinski definition) is 1. The first-order chi connectivity index (χ1) is 14.6. The fourth-order valence-corrected chi connectivity index (χ4v) is 8.12. The van der Waals surface area contributed by atoms with Crippen molar-refractivity contribution in [1.82, 2.24) is 0 Å². The summed E-state index contributed by atoms with van der Waals surface area (Å²) in [5.41, 5.74) is 0.432. The standard InChI is InChI=1S/C26H42O5/c1-16(2)30-23(28)9-10-24(29)31-22-8-7-20-19-6-5-17-15-18(27)11-13-25(17,3)21(19)12-14-26(20,22)4/h16-22,27H,5-15H2,1-4H3/t17-,18-,19-,20-,21-,22-,25-,26-/m0/s1. The number of aliphatic hydroxyl groups excluding tert-OH is 1. The maximum Gasteiger partial charge on any atom is 0.306 e. The summed E-state index contributed by atoms with van der Waals surface area (Å²) in [6.07, 6.45) is 9.97. The minimum absolute atomic E-state index is 0.0224. The minimum atomic E-state index is -0.328. The minimum Gasteiger partial charge on any atom is -0.463 e. The molecule has 4 aliphatic rings. The Morgan fingerprint density at radius 1 is 0.903 bits per heavy atom. The van der Waals surface area contributed by atoms with Crippen LogP contribution in [0.5, 0.6) is 0 Å². The molecule has 0 aliphatic heterocycles. The lowest BCUT2D eigenvalue weighted by Gasteiger charge is -2.60. The average molecular weight is 435 g/mol. The Morgan fingerprint density at radius 3 is 2.32 bits per heavy atom. The second-order valence-corrected chi connectivity index (χ2v) is 11.7. The highest BCUT2D eigenvalue weighted by molar-refractivity contribution is 5.77. The van der Waals surface area contributed by atoms with Gasteiger partial charge in [0, 0.05) is 5.41 Å². The van der Waals surface area contributed by atoms with Crippen LogP contribution in [-0.4, -0.2) is 35.4 Å². The molecule has 4 aliphatic carbocycles. The van der Waals surface area contributed by atoms with Crippen molar-refractivity contribution in [3.63, 3.8) is 0 Å². The zero-order valence-electron chi connectivity index (χ0n) is 19.9. The number of aliphatic hydroxyl groups is 1. The smallest absolute Gasteiger partial charge is 0.306 e. The Bertz CT molecular complexity index is 689. The number of ether oxygens (including phenoxy) is 2. The van der Waals surface area contributed by atoms with Gasteiger partial charge >= 0.3 is 11.9 Å². The Hall–Kier alpha value is -1.10. The molecule has 0 saturated heterocycles. The summed E-state index contributed by atoms with van der Waals surface area (Å²) in [5, 5.41) is 10.2. The molecule has 176 valence electrons. The quantitative estimate of drug-likeness (QED) is 0.614. The second kappa shape index (κ2) is 8.68. The van der Waals surface area contributed by atoms with Crippen molar-refractivity contribution in [1.29, 1.82) is 0 Å². The van der Waals surface area contributed by atoms with Gasteiger partial charge in [0.15, 0.2) is 0 Å². The van der Waals surface area contributed by atoms with Gasteiger partial charge in [-0.25, -0.2) is 0 Å². The molecule has 0 amide bonds. The monoisotopic (exact) mass is 434 g/mol. The van der Waals surface area contributed by atoms with Gasteiger partial charge < -0.3 is 14.6 Å². The Labute approximate surface area is 187 Å². The fourth-order valence-electron chi connectivity index (χ4n) is 8.12. The molecular formula is C26H42O5. The van der Waals surface area contributed by atoms with Gasteiger partial charge in [-0.1, -0.05) is 13.8 Å². The van der Waals surface area contributed by atoms with Crippen molar-refractivity contribution in [3.8, 4) is 0 Å². The molecule has 0 heterocycles. The van der Waals surface area contributed by atoms with Gasteiger partial charge in [0.1, 0.15) is 6.10 Å². The lowest BCUT2D eigenvalue weighted by Crippen LogP contribution is -2.54. The third kappa shape index (κ3) is 4.28. The second-order valence-electron chi connectivity index (χ2n) is 11.7. The van der Waals surface area contributed by atoms with E-state index in [1.807, 2.05) is 13.8 Å². The molecule has 0 aromatic heterocycles. The first-order valence-electron chi connectivity index (χ1n) is 12.7. The highest BCUT2D eigenvalue weighted by Gasteiger charge is 2.61. The van der Waals surface area contributed by atoms with Gasteiger partial charge in [-0.3, -0.25) is 9.59 Å². The van der Waals surface area contributed by atoms with Gasteiger partial charge in [-0.15, -0.1) is 0 Å². The molecule has 0 bridgehead atoms. The molecule has 4 fully saturated rings. The van der Waals surface area contributed by atoms with E-state index >= 15 is 0 Å². The molecule has 5 nitrogen and oxygen atoms in total. The fraction of sp³-hybridized carbons (Fsp3) is 0.923. The topological polar surface area (TPSA) is 72.8 Å². The van der Waals surface area contributed by atoms with E-state index in [0.717, 1.165) is 50.4 Å². The average Bonchev–Trinajstić information content (AvgIpc) is 3.03. The molecule has 4 rings (SSSR count). The van der Waals surface area contributed by atoms with Crippen LogP contribution in [0.1, 0.15) is 98.3 Å². The molecule has 0 spiro atoms. The van der Waals surface area contributed by atoms with Crippen molar-refractivity contribution < 1.29 is 24.2 Å². The molecular weight excluding hydrogens is 392 g/mol. The molecule has 4 saturated carbocycles. The maximum atomic E-state index is 12.5. The summed E-state index contributed by atoms with van der Waals surface area (Å²) in [5.74, 6) is 2.18. The number of carbonyl (C=O) groups excluding carboxylic acids is 2. The number of rotatable bonds is 5. The number of esters is 2. The molecule has 31 heavy (non-hydrogen) atoms. The largest absolute Gasteiger partial charge is 0.463 e. The Kier molecular flexibility index (Phi) is 6.46. The molecule has 5 heteroatoms. The van der Waals surface area contributed by atoms with Gasteiger partial charge in [0.05, 0.1) is 25.0 Å². The molecule has 0 aromatic rings. The summed E-state index contributed by atoms with van der Waals surface area (Å²) in [6.45, 7) is 8.49. The summed E-state index contributed by atoms with van der Waals surface area (Å²) in [4.78, 5) is 24.3. The van der Waals surface area contributed by atoms with Crippen LogP contribution in [0.2, 0.25) is 0 Å². The van der Waals surface area contributed by atoms with Crippen LogP contribution in [-0.2, 0) is 19.1 Å². The van der Waals surface area contributed by atoms with E-state index in [-0.39, 0.29) is 48.5 Å². The third-order valence-corrected chi connectivity index (χ3v) is 9.73. The number of fused-ring (bicyclic) bond motifs is 5. The maximum absolute atomic E-state index is 12.5. The molecule has 0 aromatic carbocycles. The summed E-state index contributed by atoms with van der Waals surface area (Å²) in [6, 6.07) is 0. The SMILES string of the molecule is CC(C)OC(=O)CCC(=O)O[C@H]1CC[C@H]2[C@@H]3CC[C@H]4C[C@@H](O)CC[C@]4(C)[C@H]3CC[C@]12C. The van der Waals surface area contributed by atoms with Crippen LogP contribution in [0.25, 0.3) is 0 Å². The van der Waals surface area contributed by atoms with Crippen LogP contribution in [0, 0.1) is 34.5 Å². The normalized spacial score (nSPS) is 44.2. The van der Waals surface area contributed by atoms with Crippen LogP contribution in [0.4, 0.5) is 0 Å². The third-order valence-electron chi connectivity index (χ3n) is 9.73.